The van der Waals surface area contributed by atoms with Crippen molar-refractivity contribution in [2.75, 3.05) is 43.1 Å². The Morgan fingerprint density at radius 1 is 1.31 bits per heavy atom. The summed E-state index contributed by atoms with van der Waals surface area (Å²) in [7, 11) is 0. The van der Waals surface area contributed by atoms with Crippen LogP contribution in [0.5, 0.6) is 0 Å². The Bertz CT molecular complexity index is 1280. The first-order chi connectivity index (χ1) is 16.7. The number of aliphatic hydroxyl groups is 1. The summed E-state index contributed by atoms with van der Waals surface area (Å²) in [5.41, 5.74) is 1.64. The van der Waals surface area contributed by atoms with Crippen molar-refractivity contribution in [2.24, 2.45) is 0 Å². The molecule has 4 heterocycles. The summed E-state index contributed by atoms with van der Waals surface area (Å²) < 4.78 is 21.5. The molecule has 184 valence electrons. The summed E-state index contributed by atoms with van der Waals surface area (Å²) in [5.74, 6) is -0.692. The summed E-state index contributed by atoms with van der Waals surface area (Å²) in [4.78, 5) is 33.9. The van der Waals surface area contributed by atoms with Crippen molar-refractivity contribution in [3.63, 3.8) is 0 Å². The number of carbonyl (C=O) groups excluding carboxylic acids is 2. The van der Waals surface area contributed by atoms with Gasteiger partial charge in [-0.3, -0.25) is 9.59 Å². The number of rotatable bonds is 6. The van der Waals surface area contributed by atoms with Gasteiger partial charge in [-0.25, -0.2) is 13.9 Å². The molecule has 1 atom stereocenters. The van der Waals surface area contributed by atoms with Gasteiger partial charge in [-0.1, -0.05) is 0 Å². The number of aromatic nitrogens is 3. The van der Waals surface area contributed by atoms with Gasteiger partial charge in [0.25, 0.3) is 11.8 Å². The number of morpholine rings is 1. The van der Waals surface area contributed by atoms with Gasteiger partial charge in [0, 0.05) is 31.4 Å². The Labute approximate surface area is 201 Å². The summed E-state index contributed by atoms with van der Waals surface area (Å²) in [6, 6.07) is 7.01. The van der Waals surface area contributed by atoms with E-state index in [1.54, 1.807) is 30.5 Å². The van der Waals surface area contributed by atoms with Crippen molar-refractivity contribution in [1.29, 1.82) is 0 Å². The molecule has 2 aliphatic heterocycles. The van der Waals surface area contributed by atoms with E-state index in [1.165, 1.54) is 29.5 Å². The van der Waals surface area contributed by atoms with E-state index in [1.807, 2.05) is 0 Å². The number of halogens is 1. The summed E-state index contributed by atoms with van der Waals surface area (Å²) in [5, 5.41) is 17.1. The zero-order valence-electron chi connectivity index (χ0n) is 19.6. The van der Waals surface area contributed by atoms with Gasteiger partial charge in [0.15, 0.2) is 11.3 Å². The highest BCUT2D eigenvalue weighted by atomic mass is 19.1. The fourth-order valence-corrected chi connectivity index (χ4v) is 4.31. The molecule has 11 heteroatoms. The molecule has 1 aromatic carbocycles. The molecule has 3 aromatic rings. The van der Waals surface area contributed by atoms with Crippen LogP contribution in [0, 0.1) is 0 Å². The summed E-state index contributed by atoms with van der Waals surface area (Å²) >= 11 is 0. The molecule has 0 aliphatic carbocycles. The molecule has 10 nitrogen and oxygen atoms in total. The molecule has 5 rings (SSSR count). The van der Waals surface area contributed by atoms with Crippen molar-refractivity contribution < 1.29 is 23.8 Å². The van der Waals surface area contributed by atoms with Crippen LogP contribution in [-0.2, 0) is 11.3 Å². The first kappa shape index (κ1) is 23.2. The van der Waals surface area contributed by atoms with E-state index in [-0.39, 0.29) is 24.7 Å². The monoisotopic (exact) mass is 482 g/mol. The van der Waals surface area contributed by atoms with Gasteiger partial charge in [0.05, 0.1) is 42.9 Å². The molecule has 1 unspecified atom stereocenters. The fourth-order valence-electron chi connectivity index (χ4n) is 4.31. The molecule has 2 N–H and O–H groups in total. The molecule has 2 aromatic heterocycles. The van der Waals surface area contributed by atoms with E-state index in [4.69, 9.17) is 4.74 Å². The number of fused-ring (bicyclic) bond motifs is 2. The number of hydrogen-bond acceptors (Lipinski definition) is 7. The maximum absolute atomic E-state index is 14.5. The number of anilines is 2. The highest BCUT2D eigenvalue weighted by Crippen LogP contribution is 2.35. The third kappa shape index (κ3) is 4.44. The van der Waals surface area contributed by atoms with Crippen LogP contribution in [0.1, 0.15) is 40.3 Å². The van der Waals surface area contributed by atoms with E-state index in [0.717, 1.165) is 0 Å². The van der Waals surface area contributed by atoms with E-state index < -0.39 is 17.7 Å². The predicted octanol–water partition coefficient (Wildman–Crippen LogP) is 1.88. The van der Waals surface area contributed by atoms with Crippen molar-refractivity contribution in [3.05, 3.63) is 53.5 Å². The highest BCUT2D eigenvalue weighted by molar-refractivity contribution is 6.07. The molecule has 1 fully saturated rings. The lowest BCUT2D eigenvalue weighted by Crippen LogP contribution is -2.42. The third-order valence-electron chi connectivity index (χ3n) is 6.36. The van der Waals surface area contributed by atoms with E-state index >= 15 is 0 Å². The minimum atomic E-state index is -1.60. The number of alkyl halides is 1. The second-order valence-electron chi connectivity index (χ2n) is 9.32. The molecule has 0 radical (unpaired) electrons. The Balaban J connectivity index is 1.47. The number of benzene rings is 1. The van der Waals surface area contributed by atoms with Gasteiger partial charge in [-0.2, -0.15) is 5.10 Å². The standard InChI is InChI=1S/C24H27FN6O4/c1-24(2,34)20(25)14-30-13-15-10-17(18(11-16(15)23(30)33)29-6-8-35-9-7-29)28-22(32)19-12-26-21-4-3-5-27-31(19)21/h3-5,10-12,20,34H,6-9,13-14H2,1-2H3,(H,28,32). The minimum absolute atomic E-state index is 0.189. The van der Waals surface area contributed by atoms with Crippen LogP contribution in [0.2, 0.25) is 0 Å². The highest BCUT2D eigenvalue weighted by Gasteiger charge is 2.35. The van der Waals surface area contributed by atoms with Crippen LogP contribution in [-0.4, -0.2) is 81.0 Å². The predicted molar refractivity (Wildman–Crippen MR) is 126 cm³/mol. The van der Waals surface area contributed by atoms with Gasteiger partial charge < -0.3 is 25.0 Å². The van der Waals surface area contributed by atoms with E-state index in [0.29, 0.717) is 54.5 Å². The Morgan fingerprint density at radius 2 is 2.09 bits per heavy atom. The number of amides is 2. The zero-order chi connectivity index (χ0) is 24.7. The SMILES string of the molecule is CC(C)(O)C(F)CN1Cc2cc(NC(=O)c3cnc4cccnn34)c(N3CCOCC3)cc2C1=O. The second-order valence-corrected chi connectivity index (χ2v) is 9.32. The van der Waals surface area contributed by atoms with Crippen molar-refractivity contribution in [2.45, 2.75) is 32.2 Å². The third-order valence-corrected chi connectivity index (χ3v) is 6.36. The maximum atomic E-state index is 14.5. The lowest BCUT2D eigenvalue weighted by Gasteiger charge is -2.31. The molecular weight excluding hydrogens is 455 g/mol. The Morgan fingerprint density at radius 3 is 2.83 bits per heavy atom. The summed E-state index contributed by atoms with van der Waals surface area (Å²) in [6.07, 6.45) is 1.44. The zero-order valence-corrected chi connectivity index (χ0v) is 19.6. The molecule has 0 bridgehead atoms. The molecule has 0 saturated carbocycles. The Hall–Kier alpha value is -3.57. The molecule has 2 amide bonds. The van der Waals surface area contributed by atoms with Gasteiger partial charge in [0.1, 0.15) is 6.17 Å². The smallest absolute Gasteiger partial charge is 0.276 e. The van der Waals surface area contributed by atoms with Crippen molar-refractivity contribution in [3.8, 4) is 0 Å². The molecular formula is C24H27FN6O4. The first-order valence-electron chi connectivity index (χ1n) is 11.5. The number of imidazole rings is 1. The largest absolute Gasteiger partial charge is 0.387 e. The normalized spacial score (nSPS) is 17.1. The van der Waals surface area contributed by atoms with Crippen LogP contribution in [0.15, 0.2) is 36.7 Å². The number of hydrogen-bond donors (Lipinski definition) is 2. The molecule has 0 spiro atoms. The lowest BCUT2D eigenvalue weighted by atomic mass is 10.0. The minimum Gasteiger partial charge on any atom is -0.387 e. The van der Waals surface area contributed by atoms with Crippen LogP contribution in [0.3, 0.4) is 0 Å². The number of carbonyl (C=O) groups is 2. The molecule has 2 aliphatic rings. The second kappa shape index (κ2) is 8.90. The van der Waals surface area contributed by atoms with Gasteiger partial charge in [-0.15, -0.1) is 0 Å². The number of ether oxygens (including phenoxy) is 1. The average Bonchev–Trinajstić information content (AvgIpc) is 3.40. The van der Waals surface area contributed by atoms with Crippen LogP contribution >= 0.6 is 0 Å². The van der Waals surface area contributed by atoms with Gasteiger partial charge in [0.2, 0.25) is 0 Å². The average molecular weight is 483 g/mol. The fraction of sp³-hybridized carbons (Fsp3) is 0.417. The van der Waals surface area contributed by atoms with Crippen LogP contribution in [0.25, 0.3) is 5.65 Å². The maximum Gasteiger partial charge on any atom is 0.276 e. The van der Waals surface area contributed by atoms with Crippen molar-refractivity contribution >= 4 is 28.8 Å². The van der Waals surface area contributed by atoms with E-state index in [2.05, 4.69) is 20.3 Å². The summed E-state index contributed by atoms with van der Waals surface area (Å²) in [6.45, 7) is 4.97. The van der Waals surface area contributed by atoms with Crippen molar-refractivity contribution in [1.82, 2.24) is 19.5 Å². The van der Waals surface area contributed by atoms with Crippen LogP contribution < -0.4 is 10.2 Å². The van der Waals surface area contributed by atoms with Crippen LogP contribution in [0.4, 0.5) is 15.8 Å². The number of nitrogens with zero attached hydrogens (tertiary/aromatic N) is 5. The lowest BCUT2D eigenvalue weighted by molar-refractivity contribution is -0.0159. The Kier molecular flexibility index (Phi) is 5.89. The van der Waals surface area contributed by atoms with Gasteiger partial charge in [-0.05, 0) is 43.7 Å². The van der Waals surface area contributed by atoms with E-state index in [9.17, 15) is 19.1 Å². The topological polar surface area (TPSA) is 112 Å². The number of nitrogens with one attached hydrogen (secondary N) is 1. The molecule has 1 saturated heterocycles. The quantitative estimate of drug-likeness (QED) is 0.552. The molecule has 35 heavy (non-hydrogen) atoms. The first-order valence-corrected chi connectivity index (χ1v) is 11.5. The van der Waals surface area contributed by atoms with Gasteiger partial charge >= 0.3 is 0 Å².